The SMILES string of the molecule is CC(C)(O)[C@@]1(C)CCCN1.CC(C)(O)[C@]1(C)CCCN1.CCC(C)(C)C(C)(C)O.CCC(C)(C)C(C)(C)O.CC[C@@H](C)[C@@H](C)O.CC[C@H](C)[C@H](C)O.C[C@@H](O)[C@@H]1CCCN1.C[C@H](O)[C@H]1CCCN1. The van der Waals surface area contributed by atoms with E-state index in [4.69, 9.17) is 20.4 Å². The molecule has 0 aliphatic carbocycles. The third-order valence-corrected chi connectivity index (χ3v) is 16.8. The van der Waals surface area contributed by atoms with E-state index < -0.39 is 22.4 Å². The predicted octanol–water partition coefficient (Wildman–Crippen LogP) is 9.25. The summed E-state index contributed by atoms with van der Waals surface area (Å²) in [6.45, 7) is 51.4. The van der Waals surface area contributed by atoms with E-state index in [1.807, 2.05) is 96.9 Å². The minimum atomic E-state index is -0.594. The molecule has 10 atom stereocenters. The number of hydrogen-bond donors (Lipinski definition) is 12. The first-order valence-electron chi connectivity index (χ1n) is 27.1. The molecule has 0 amide bonds. The van der Waals surface area contributed by atoms with Crippen molar-refractivity contribution in [3.05, 3.63) is 0 Å². The highest BCUT2D eigenvalue weighted by Gasteiger charge is 2.42. The zero-order valence-corrected chi connectivity index (χ0v) is 49.5. The molecule has 4 saturated heterocycles. The summed E-state index contributed by atoms with van der Waals surface area (Å²) in [5, 5.41) is 87.2. The van der Waals surface area contributed by atoms with Gasteiger partial charge in [0.1, 0.15) is 0 Å². The predicted molar refractivity (Wildman–Crippen MR) is 292 cm³/mol. The van der Waals surface area contributed by atoms with E-state index in [9.17, 15) is 20.4 Å². The number of rotatable bonds is 12. The maximum Gasteiger partial charge on any atom is 0.0769 e. The van der Waals surface area contributed by atoms with Gasteiger partial charge in [-0.1, -0.05) is 82.1 Å². The number of nitrogens with one attached hydrogen (secondary N) is 4. The van der Waals surface area contributed by atoms with E-state index in [1.165, 1.54) is 25.7 Å². The Bertz CT molecular complexity index is 1080. The third-order valence-electron chi connectivity index (χ3n) is 16.8. The lowest BCUT2D eigenvalue weighted by molar-refractivity contribution is -0.0368. The van der Waals surface area contributed by atoms with E-state index in [1.54, 1.807) is 0 Å². The average Bonchev–Trinajstić information content (AvgIpc) is 4.07. The van der Waals surface area contributed by atoms with Crippen molar-refractivity contribution in [3.8, 4) is 0 Å². The Morgan fingerprint density at radius 2 is 0.721 bits per heavy atom. The maximum absolute atomic E-state index is 9.71. The van der Waals surface area contributed by atoms with Crippen molar-refractivity contribution >= 4 is 0 Å². The number of hydrogen-bond acceptors (Lipinski definition) is 12. The Morgan fingerprint density at radius 1 is 0.456 bits per heavy atom. The standard InChI is InChI=1S/2C8H17NO.2C8H18O.2C6H13NO.2C6H14O/c2*1-7(2,10)8(3)5-4-6-9-8;2*1-6-7(2,3)8(4,5)9;2*1-5(8)6-3-2-4-7-6;2*1-4-5(2)6(3)7/h2*9-10H,4-6H2,1-3H3;2*9H,6H2,1-5H3;2*5-8H,2-4H2,1H3;2*5-7H,4H2,1-3H3/t2*8-;;;2*5-,6+;2*5-,6-/m10..1010/s1. The van der Waals surface area contributed by atoms with Crippen LogP contribution < -0.4 is 21.3 Å². The monoisotopic (exact) mass is 981 g/mol. The number of aliphatic hydroxyl groups is 8. The molecule has 416 valence electrons. The Balaban J connectivity index is -0.000000345. The fraction of sp³-hybridized carbons (Fsp3) is 1.00. The van der Waals surface area contributed by atoms with Gasteiger partial charge in [-0.25, -0.2) is 0 Å². The topological polar surface area (TPSA) is 210 Å². The lowest BCUT2D eigenvalue weighted by Gasteiger charge is -2.37. The lowest BCUT2D eigenvalue weighted by atomic mass is 9.75. The fourth-order valence-corrected chi connectivity index (χ4v) is 6.63. The van der Waals surface area contributed by atoms with E-state index in [0.717, 1.165) is 77.5 Å². The van der Waals surface area contributed by atoms with Crippen molar-refractivity contribution in [1.29, 1.82) is 0 Å². The first-order chi connectivity index (χ1) is 30.5. The maximum atomic E-state index is 9.71. The Hall–Kier alpha value is -0.480. The quantitative estimate of drug-likeness (QED) is 0.0884. The molecule has 0 spiro atoms. The summed E-state index contributed by atoms with van der Waals surface area (Å²) in [4.78, 5) is 0. The molecule has 0 bridgehead atoms. The van der Waals surface area contributed by atoms with Crippen LogP contribution in [0.15, 0.2) is 0 Å². The van der Waals surface area contributed by atoms with Crippen molar-refractivity contribution < 1.29 is 40.9 Å². The van der Waals surface area contributed by atoms with Crippen molar-refractivity contribution in [3.63, 3.8) is 0 Å². The molecule has 0 aromatic heterocycles. The van der Waals surface area contributed by atoms with Gasteiger partial charge in [0, 0.05) is 23.2 Å². The second-order valence-corrected chi connectivity index (χ2v) is 24.6. The van der Waals surface area contributed by atoms with Gasteiger partial charge in [-0.05, 0) is 210 Å². The third kappa shape index (κ3) is 31.2. The summed E-state index contributed by atoms with van der Waals surface area (Å²) >= 11 is 0. The molecule has 0 unspecified atom stereocenters. The van der Waals surface area contributed by atoms with Crippen LogP contribution in [0.2, 0.25) is 0 Å². The van der Waals surface area contributed by atoms with Crippen LogP contribution in [0.5, 0.6) is 0 Å². The lowest BCUT2D eigenvalue weighted by Crippen LogP contribution is -2.54. The van der Waals surface area contributed by atoms with Gasteiger partial charge in [-0.2, -0.15) is 0 Å². The van der Waals surface area contributed by atoms with Gasteiger partial charge in [0.2, 0.25) is 0 Å². The van der Waals surface area contributed by atoms with Crippen LogP contribution in [0, 0.1) is 22.7 Å². The van der Waals surface area contributed by atoms with E-state index in [-0.39, 0.29) is 46.3 Å². The van der Waals surface area contributed by atoms with Gasteiger partial charge in [0.15, 0.2) is 0 Å². The van der Waals surface area contributed by atoms with E-state index in [0.29, 0.717) is 23.9 Å². The largest absolute Gasteiger partial charge is 0.393 e. The molecule has 4 fully saturated rings. The van der Waals surface area contributed by atoms with Gasteiger partial charge in [0.25, 0.3) is 0 Å². The molecule has 4 rings (SSSR count). The van der Waals surface area contributed by atoms with Crippen LogP contribution in [0.3, 0.4) is 0 Å². The van der Waals surface area contributed by atoms with Gasteiger partial charge in [0.05, 0.1) is 46.8 Å². The minimum Gasteiger partial charge on any atom is -0.393 e. The Labute approximate surface area is 422 Å². The Morgan fingerprint density at radius 3 is 0.779 bits per heavy atom. The van der Waals surface area contributed by atoms with Gasteiger partial charge in [-0.3, -0.25) is 0 Å². The smallest absolute Gasteiger partial charge is 0.0769 e. The van der Waals surface area contributed by atoms with Crippen molar-refractivity contribution in [1.82, 2.24) is 21.3 Å². The zero-order valence-electron chi connectivity index (χ0n) is 49.5. The zero-order chi connectivity index (χ0) is 54.8. The van der Waals surface area contributed by atoms with Crippen LogP contribution in [-0.2, 0) is 0 Å². The van der Waals surface area contributed by atoms with Crippen molar-refractivity contribution in [2.45, 2.75) is 313 Å². The molecule has 0 saturated carbocycles. The molecule has 0 radical (unpaired) electrons. The van der Waals surface area contributed by atoms with Crippen molar-refractivity contribution in [2.24, 2.45) is 22.7 Å². The summed E-state index contributed by atoms with van der Waals surface area (Å²) in [6, 6.07) is 0.741. The highest BCUT2D eigenvalue weighted by molar-refractivity contribution is 5.01. The summed E-state index contributed by atoms with van der Waals surface area (Å²) < 4.78 is 0. The van der Waals surface area contributed by atoms with E-state index >= 15 is 0 Å². The highest BCUT2D eigenvalue weighted by Crippen LogP contribution is 2.34. The van der Waals surface area contributed by atoms with Crippen LogP contribution in [0.1, 0.15) is 243 Å². The van der Waals surface area contributed by atoms with E-state index in [2.05, 4.69) is 90.5 Å². The van der Waals surface area contributed by atoms with Crippen molar-refractivity contribution in [2.75, 3.05) is 26.2 Å². The second-order valence-electron chi connectivity index (χ2n) is 24.6. The molecule has 12 heteroatoms. The molecule has 12 nitrogen and oxygen atoms in total. The van der Waals surface area contributed by atoms with Crippen LogP contribution >= 0.6 is 0 Å². The van der Waals surface area contributed by atoms with Crippen LogP contribution in [-0.4, -0.2) is 137 Å². The van der Waals surface area contributed by atoms with Gasteiger partial charge >= 0.3 is 0 Å². The van der Waals surface area contributed by atoms with Gasteiger partial charge in [-0.15, -0.1) is 0 Å². The molecular formula is C56H124N4O8. The molecule has 4 heterocycles. The fourth-order valence-electron chi connectivity index (χ4n) is 6.63. The molecule has 4 aliphatic rings. The first-order valence-corrected chi connectivity index (χ1v) is 27.1. The summed E-state index contributed by atoms with van der Waals surface area (Å²) in [5.74, 6) is 0.917. The first kappa shape index (κ1) is 74.0. The normalized spacial score (nSPS) is 25.6. The molecule has 4 aliphatic heterocycles. The van der Waals surface area contributed by atoms with Crippen LogP contribution in [0.25, 0.3) is 0 Å². The minimum absolute atomic E-state index is 0.0347. The molecule has 0 aromatic carbocycles. The summed E-state index contributed by atoms with van der Waals surface area (Å²) in [5.41, 5.74) is -2.35. The molecular weight excluding hydrogens is 857 g/mol. The van der Waals surface area contributed by atoms with Crippen LogP contribution in [0.4, 0.5) is 0 Å². The molecule has 12 N–H and O–H groups in total. The highest BCUT2D eigenvalue weighted by atomic mass is 16.3. The summed E-state index contributed by atoms with van der Waals surface area (Å²) in [7, 11) is 0. The van der Waals surface area contributed by atoms with Gasteiger partial charge < -0.3 is 62.1 Å². The second kappa shape index (κ2) is 34.1. The number of aliphatic hydroxyl groups excluding tert-OH is 4. The molecule has 68 heavy (non-hydrogen) atoms. The Kier molecular flexibility index (Phi) is 37.1. The molecule has 0 aromatic rings. The average molecular weight is 982 g/mol. The summed E-state index contributed by atoms with van der Waals surface area (Å²) in [6.07, 6.45) is 12.8.